The fraction of sp³-hybridized carbons (Fsp3) is 0.300. The van der Waals surface area contributed by atoms with Crippen LogP contribution in [0.15, 0.2) is 16.6 Å². The topological polar surface area (TPSA) is 35.5 Å². The molecule has 0 heterocycles. The van der Waals surface area contributed by atoms with E-state index in [1.54, 1.807) is 0 Å². The highest BCUT2D eigenvalue weighted by molar-refractivity contribution is 9.10. The second-order valence-electron chi connectivity index (χ2n) is 2.98. The van der Waals surface area contributed by atoms with Crippen molar-refractivity contribution in [1.29, 1.82) is 0 Å². The van der Waals surface area contributed by atoms with E-state index >= 15 is 0 Å². The molecule has 0 saturated carbocycles. The molecule has 0 aromatic heterocycles. The third kappa shape index (κ3) is 3.62. The Kier molecular flexibility index (Phi) is 4.80. The molecular formula is C10H8BrF3O3. The predicted octanol–water partition coefficient (Wildman–Crippen LogP) is 2.91. The smallest absolute Gasteiger partial charge is 0.387 e. The van der Waals surface area contributed by atoms with Gasteiger partial charge in [-0.2, -0.15) is 8.78 Å². The van der Waals surface area contributed by atoms with Gasteiger partial charge in [-0.3, -0.25) is 4.79 Å². The monoisotopic (exact) mass is 312 g/mol. The second kappa shape index (κ2) is 5.90. The quantitative estimate of drug-likeness (QED) is 0.802. The van der Waals surface area contributed by atoms with E-state index in [2.05, 4.69) is 25.4 Å². The maximum absolute atomic E-state index is 13.1. The number of alkyl halides is 2. The van der Waals surface area contributed by atoms with Crippen LogP contribution >= 0.6 is 15.9 Å². The molecule has 0 saturated heterocycles. The Labute approximate surface area is 104 Å². The van der Waals surface area contributed by atoms with Crippen LogP contribution in [0.2, 0.25) is 0 Å². The number of hydrogen-bond acceptors (Lipinski definition) is 3. The van der Waals surface area contributed by atoms with Crippen molar-refractivity contribution in [1.82, 2.24) is 0 Å². The minimum Gasteiger partial charge on any atom is -0.469 e. The third-order valence-corrected chi connectivity index (χ3v) is 2.64. The lowest BCUT2D eigenvalue weighted by atomic mass is 10.1. The molecule has 17 heavy (non-hydrogen) atoms. The molecule has 0 radical (unpaired) electrons. The van der Waals surface area contributed by atoms with Gasteiger partial charge in [0.25, 0.3) is 0 Å². The van der Waals surface area contributed by atoms with Crippen LogP contribution in [0.1, 0.15) is 5.56 Å². The van der Waals surface area contributed by atoms with Gasteiger partial charge in [-0.1, -0.05) is 6.07 Å². The number of hydrogen-bond donors (Lipinski definition) is 0. The van der Waals surface area contributed by atoms with Crippen molar-refractivity contribution in [3.05, 3.63) is 28.0 Å². The second-order valence-corrected chi connectivity index (χ2v) is 3.77. The molecule has 1 aromatic carbocycles. The van der Waals surface area contributed by atoms with Crippen molar-refractivity contribution in [3.8, 4) is 5.75 Å². The van der Waals surface area contributed by atoms with Gasteiger partial charge in [-0.15, -0.1) is 0 Å². The standard InChI is InChI=1S/C10H8BrF3O3/c1-16-7(15)4-5-2-3-6(12)8(11)9(5)17-10(13)14/h2-3,10H,4H2,1H3. The molecule has 0 bridgehead atoms. The lowest BCUT2D eigenvalue weighted by molar-refractivity contribution is -0.139. The molecule has 0 aliphatic carbocycles. The Balaban J connectivity index is 3.10. The summed E-state index contributed by atoms with van der Waals surface area (Å²) < 4.78 is 45.8. The predicted molar refractivity (Wildman–Crippen MR) is 56.5 cm³/mol. The minimum atomic E-state index is -3.11. The average molecular weight is 313 g/mol. The zero-order chi connectivity index (χ0) is 13.0. The Hall–Kier alpha value is -1.24. The van der Waals surface area contributed by atoms with E-state index in [4.69, 9.17) is 0 Å². The highest BCUT2D eigenvalue weighted by Gasteiger charge is 2.18. The fourth-order valence-electron chi connectivity index (χ4n) is 1.16. The zero-order valence-electron chi connectivity index (χ0n) is 8.68. The number of carbonyl (C=O) groups is 1. The Bertz CT molecular complexity index is 424. The molecule has 7 heteroatoms. The summed E-state index contributed by atoms with van der Waals surface area (Å²) in [5.74, 6) is -1.79. The molecule has 0 unspecified atom stereocenters. The van der Waals surface area contributed by atoms with Gasteiger partial charge in [-0.05, 0) is 22.0 Å². The molecule has 0 aliphatic heterocycles. The number of carbonyl (C=O) groups excluding carboxylic acids is 1. The normalized spacial score (nSPS) is 10.5. The molecule has 1 aromatic rings. The largest absolute Gasteiger partial charge is 0.469 e. The summed E-state index contributed by atoms with van der Waals surface area (Å²) in [6.07, 6.45) is -0.280. The van der Waals surface area contributed by atoms with E-state index in [-0.39, 0.29) is 16.5 Å². The number of halogens is 4. The summed E-state index contributed by atoms with van der Waals surface area (Å²) >= 11 is 2.79. The van der Waals surface area contributed by atoms with Gasteiger partial charge in [0.1, 0.15) is 11.6 Å². The maximum Gasteiger partial charge on any atom is 0.387 e. The van der Waals surface area contributed by atoms with Gasteiger partial charge < -0.3 is 9.47 Å². The van der Waals surface area contributed by atoms with Crippen LogP contribution in [0.4, 0.5) is 13.2 Å². The molecule has 0 amide bonds. The van der Waals surface area contributed by atoms with Crippen LogP contribution < -0.4 is 4.74 Å². The third-order valence-electron chi connectivity index (χ3n) is 1.90. The SMILES string of the molecule is COC(=O)Cc1ccc(F)c(Br)c1OC(F)F. The average Bonchev–Trinajstić information content (AvgIpc) is 2.28. The number of methoxy groups -OCH3 is 1. The van der Waals surface area contributed by atoms with Crippen LogP contribution in [-0.4, -0.2) is 19.7 Å². The van der Waals surface area contributed by atoms with Crippen LogP contribution in [0.25, 0.3) is 0 Å². The van der Waals surface area contributed by atoms with Gasteiger partial charge in [0, 0.05) is 5.56 Å². The highest BCUT2D eigenvalue weighted by Crippen LogP contribution is 2.33. The van der Waals surface area contributed by atoms with E-state index in [9.17, 15) is 18.0 Å². The summed E-state index contributed by atoms with van der Waals surface area (Å²) in [4.78, 5) is 11.0. The Morgan fingerprint density at radius 3 is 2.65 bits per heavy atom. The van der Waals surface area contributed by atoms with Gasteiger partial charge in [0.15, 0.2) is 0 Å². The van der Waals surface area contributed by atoms with Crippen molar-refractivity contribution in [2.75, 3.05) is 7.11 Å². The number of benzene rings is 1. The summed E-state index contributed by atoms with van der Waals surface area (Å²) in [5, 5.41) is 0. The van der Waals surface area contributed by atoms with Crippen molar-refractivity contribution in [2.24, 2.45) is 0 Å². The lowest BCUT2D eigenvalue weighted by Crippen LogP contribution is -2.10. The van der Waals surface area contributed by atoms with E-state index < -0.39 is 24.1 Å². The summed E-state index contributed by atoms with van der Waals surface area (Å²) in [7, 11) is 1.16. The van der Waals surface area contributed by atoms with Crippen molar-refractivity contribution in [2.45, 2.75) is 13.0 Å². The molecule has 94 valence electrons. The number of rotatable bonds is 4. The van der Waals surface area contributed by atoms with Gasteiger partial charge >= 0.3 is 12.6 Å². The summed E-state index contributed by atoms with van der Waals surface area (Å²) in [5.41, 5.74) is 0.116. The van der Waals surface area contributed by atoms with E-state index in [0.29, 0.717) is 0 Å². The van der Waals surface area contributed by atoms with Crippen molar-refractivity contribution in [3.63, 3.8) is 0 Å². The molecule has 3 nitrogen and oxygen atoms in total. The zero-order valence-corrected chi connectivity index (χ0v) is 10.3. The van der Waals surface area contributed by atoms with Crippen LogP contribution in [-0.2, 0) is 16.0 Å². The fourth-order valence-corrected chi connectivity index (χ4v) is 1.64. The molecule has 0 aliphatic rings. The summed E-state index contributed by atoms with van der Waals surface area (Å²) in [6, 6.07) is 2.23. The van der Waals surface area contributed by atoms with Crippen LogP contribution in [0.5, 0.6) is 5.75 Å². The summed E-state index contributed by atoms with van der Waals surface area (Å²) in [6.45, 7) is -3.11. The lowest BCUT2D eigenvalue weighted by Gasteiger charge is -2.12. The molecule has 0 N–H and O–H groups in total. The molecular weight excluding hydrogens is 305 g/mol. The molecule has 0 spiro atoms. The van der Waals surface area contributed by atoms with E-state index in [1.807, 2.05) is 0 Å². The van der Waals surface area contributed by atoms with Gasteiger partial charge in [0.2, 0.25) is 0 Å². The maximum atomic E-state index is 13.1. The highest BCUT2D eigenvalue weighted by atomic mass is 79.9. The Morgan fingerprint density at radius 2 is 2.12 bits per heavy atom. The van der Waals surface area contributed by atoms with E-state index in [0.717, 1.165) is 13.2 Å². The number of ether oxygens (including phenoxy) is 2. The van der Waals surface area contributed by atoms with Gasteiger partial charge in [-0.25, -0.2) is 4.39 Å². The van der Waals surface area contributed by atoms with Crippen molar-refractivity contribution >= 4 is 21.9 Å². The first-order valence-corrected chi connectivity index (χ1v) is 5.23. The Morgan fingerprint density at radius 1 is 1.47 bits per heavy atom. The van der Waals surface area contributed by atoms with E-state index in [1.165, 1.54) is 6.07 Å². The van der Waals surface area contributed by atoms with Crippen molar-refractivity contribution < 1.29 is 27.4 Å². The van der Waals surface area contributed by atoms with Gasteiger partial charge in [0.05, 0.1) is 18.0 Å². The molecule has 0 fully saturated rings. The first kappa shape index (κ1) is 13.8. The molecule has 0 atom stereocenters. The first-order valence-electron chi connectivity index (χ1n) is 4.44. The van der Waals surface area contributed by atoms with Crippen LogP contribution in [0.3, 0.4) is 0 Å². The molecule has 1 rings (SSSR count). The first-order chi connectivity index (χ1) is 7.95. The van der Waals surface area contributed by atoms with Crippen LogP contribution in [0, 0.1) is 5.82 Å². The minimum absolute atomic E-state index is 0.116. The number of esters is 1.